The van der Waals surface area contributed by atoms with Crippen LogP contribution in [0.15, 0.2) is 12.1 Å². The Labute approximate surface area is 116 Å². The summed E-state index contributed by atoms with van der Waals surface area (Å²) < 4.78 is 5.38. The van der Waals surface area contributed by atoms with Crippen LogP contribution in [0.5, 0.6) is 5.75 Å². The summed E-state index contributed by atoms with van der Waals surface area (Å²) in [7, 11) is 0. The number of carboxylic acid groups (broad SMARTS) is 1. The lowest BCUT2D eigenvalue weighted by molar-refractivity contribution is -0.386. The first kappa shape index (κ1) is 15.9. The molecule has 110 valence electrons. The zero-order valence-electron chi connectivity index (χ0n) is 11.7. The second kappa shape index (κ2) is 6.85. The normalized spacial score (nSPS) is 11.9. The molecule has 0 fully saturated rings. The average molecular weight is 282 g/mol. The van der Waals surface area contributed by atoms with Crippen LogP contribution in [0.25, 0.3) is 0 Å². The number of nitrogens with one attached hydrogen (secondary N) is 1. The van der Waals surface area contributed by atoms with Gasteiger partial charge in [-0.3, -0.25) is 14.9 Å². The number of aliphatic carboxylic acids is 1. The number of rotatable bonds is 7. The van der Waals surface area contributed by atoms with Gasteiger partial charge in [-0.2, -0.15) is 0 Å². The van der Waals surface area contributed by atoms with Crippen molar-refractivity contribution >= 4 is 11.7 Å². The SMILES string of the molecule is CCNC(COc1c(C)cc(C)cc1[N+](=O)[O-])C(=O)O. The lowest BCUT2D eigenvalue weighted by Crippen LogP contribution is -2.41. The fraction of sp³-hybridized carbons (Fsp3) is 0.462. The molecule has 20 heavy (non-hydrogen) atoms. The van der Waals surface area contributed by atoms with Crippen molar-refractivity contribution in [2.75, 3.05) is 13.2 Å². The Balaban J connectivity index is 2.97. The summed E-state index contributed by atoms with van der Waals surface area (Å²) in [6.45, 7) is 5.51. The molecule has 0 aromatic heterocycles. The van der Waals surface area contributed by atoms with E-state index in [1.807, 2.05) is 0 Å². The highest BCUT2D eigenvalue weighted by Crippen LogP contribution is 2.32. The van der Waals surface area contributed by atoms with Crippen LogP contribution in [0.1, 0.15) is 18.1 Å². The Hall–Kier alpha value is -2.15. The van der Waals surface area contributed by atoms with Gasteiger partial charge in [0.05, 0.1) is 4.92 Å². The second-order valence-electron chi connectivity index (χ2n) is 4.45. The van der Waals surface area contributed by atoms with Crippen LogP contribution in [0.3, 0.4) is 0 Å². The number of likely N-dealkylation sites (N-methyl/N-ethyl adjacent to an activating group) is 1. The summed E-state index contributed by atoms with van der Waals surface area (Å²) in [6, 6.07) is 2.26. The zero-order chi connectivity index (χ0) is 15.3. The number of nitrogens with zero attached hydrogens (tertiary/aromatic N) is 1. The van der Waals surface area contributed by atoms with E-state index >= 15 is 0 Å². The Morgan fingerprint density at radius 1 is 1.50 bits per heavy atom. The van der Waals surface area contributed by atoms with Crippen molar-refractivity contribution < 1.29 is 19.6 Å². The van der Waals surface area contributed by atoms with Crippen molar-refractivity contribution in [3.8, 4) is 5.75 Å². The van der Waals surface area contributed by atoms with Crippen molar-refractivity contribution in [2.24, 2.45) is 0 Å². The van der Waals surface area contributed by atoms with E-state index in [4.69, 9.17) is 9.84 Å². The Morgan fingerprint density at radius 2 is 2.15 bits per heavy atom. The van der Waals surface area contributed by atoms with E-state index in [0.29, 0.717) is 12.1 Å². The lowest BCUT2D eigenvalue weighted by Gasteiger charge is -2.15. The molecule has 0 bridgehead atoms. The fourth-order valence-corrected chi connectivity index (χ4v) is 1.89. The molecule has 1 atom stereocenters. The number of nitro groups is 1. The molecule has 1 rings (SSSR count). The van der Waals surface area contributed by atoms with Gasteiger partial charge in [0.15, 0.2) is 5.75 Å². The maximum absolute atomic E-state index is 11.0. The maximum Gasteiger partial charge on any atom is 0.324 e. The standard InChI is InChI=1S/C13H18N2O5/c1-4-14-10(13(16)17)7-20-12-9(3)5-8(2)6-11(12)15(18)19/h5-6,10,14H,4,7H2,1-3H3,(H,16,17). The number of aryl methyl sites for hydroxylation is 2. The van der Waals surface area contributed by atoms with Gasteiger partial charge in [-0.15, -0.1) is 0 Å². The first-order chi connectivity index (χ1) is 9.36. The van der Waals surface area contributed by atoms with Crippen molar-refractivity contribution in [3.63, 3.8) is 0 Å². The molecule has 0 radical (unpaired) electrons. The molecule has 1 unspecified atom stereocenters. The quantitative estimate of drug-likeness (QED) is 0.582. The average Bonchev–Trinajstić information content (AvgIpc) is 2.34. The minimum Gasteiger partial charge on any atom is -0.484 e. The predicted octanol–water partition coefficient (Wildman–Crippen LogP) is 1.65. The van der Waals surface area contributed by atoms with Crippen LogP contribution >= 0.6 is 0 Å². The molecular weight excluding hydrogens is 264 g/mol. The van der Waals surface area contributed by atoms with E-state index in [0.717, 1.165) is 5.56 Å². The molecule has 1 aromatic rings. The molecule has 0 saturated carbocycles. The Morgan fingerprint density at radius 3 is 2.65 bits per heavy atom. The molecule has 7 nitrogen and oxygen atoms in total. The van der Waals surface area contributed by atoms with Gasteiger partial charge in [0.25, 0.3) is 0 Å². The highest BCUT2D eigenvalue weighted by atomic mass is 16.6. The number of nitro benzene ring substituents is 1. The number of carbonyl (C=O) groups is 1. The van der Waals surface area contributed by atoms with Crippen LogP contribution in [0, 0.1) is 24.0 Å². The Bertz CT molecular complexity index is 516. The van der Waals surface area contributed by atoms with E-state index in [1.165, 1.54) is 6.07 Å². The monoisotopic (exact) mass is 282 g/mol. The van der Waals surface area contributed by atoms with Crippen LogP contribution in [-0.4, -0.2) is 35.2 Å². The molecular formula is C13H18N2O5. The molecule has 7 heteroatoms. The molecule has 0 aliphatic heterocycles. The molecule has 0 aliphatic carbocycles. The van der Waals surface area contributed by atoms with Crippen LogP contribution in [-0.2, 0) is 4.79 Å². The smallest absolute Gasteiger partial charge is 0.324 e. The Kier molecular flexibility index (Phi) is 5.45. The second-order valence-corrected chi connectivity index (χ2v) is 4.45. The molecule has 2 N–H and O–H groups in total. The van der Waals surface area contributed by atoms with Gasteiger partial charge < -0.3 is 15.2 Å². The van der Waals surface area contributed by atoms with Gasteiger partial charge in [-0.1, -0.05) is 13.0 Å². The van der Waals surface area contributed by atoms with Crippen molar-refractivity contribution in [3.05, 3.63) is 33.4 Å². The molecule has 0 spiro atoms. The van der Waals surface area contributed by atoms with Gasteiger partial charge in [0.2, 0.25) is 0 Å². The largest absolute Gasteiger partial charge is 0.484 e. The highest BCUT2D eigenvalue weighted by Gasteiger charge is 2.22. The molecule has 0 saturated heterocycles. The van der Waals surface area contributed by atoms with Crippen molar-refractivity contribution in [1.29, 1.82) is 0 Å². The number of hydrogen-bond donors (Lipinski definition) is 2. The van der Waals surface area contributed by atoms with E-state index in [-0.39, 0.29) is 18.0 Å². The molecule has 1 aromatic carbocycles. The number of benzene rings is 1. The van der Waals surface area contributed by atoms with Gasteiger partial charge >= 0.3 is 11.7 Å². The number of hydrogen-bond acceptors (Lipinski definition) is 5. The predicted molar refractivity (Wildman–Crippen MR) is 73.2 cm³/mol. The van der Waals surface area contributed by atoms with Gasteiger partial charge in [-0.25, -0.2) is 0 Å². The lowest BCUT2D eigenvalue weighted by atomic mass is 10.1. The first-order valence-electron chi connectivity index (χ1n) is 6.21. The zero-order valence-corrected chi connectivity index (χ0v) is 11.7. The van der Waals surface area contributed by atoms with E-state index in [1.54, 1.807) is 26.8 Å². The summed E-state index contributed by atoms with van der Waals surface area (Å²) in [5.41, 5.74) is 1.21. The minimum absolute atomic E-state index is 0.116. The van der Waals surface area contributed by atoms with Crippen molar-refractivity contribution in [2.45, 2.75) is 26.8 Å². The number of carboxylic acids is 1. The maximum atomic E-state index is 11.0. The highest BCUT2D eigenvalue weighted by molar-refractivity contribution is 5.73. The topological polar surface area (TPSA) is 102 Å². The van der Waals surface area contributed by atoms with Crippen LogP contribution in [0.4, 0.5) is 5.69 Å². The van der Waals surface area contributed by atoms with Gasteiger partial charge in [0, 0.05) is 6.07 Å². The summed E-state index contributed by atoms with van der Waals surface area (Å²) in [5.74, 6) is -0.941. The first-order valence-corrected chi connectivity index (χ1v) is 6.21. The summed E-state index contributed by atoms with van der Waals surface area (Å²) in [6.07, 6.45) is 0. The third-order valence-electron chi connectivity index (χ3n) is 2.74. The third-order valence-corrected chi connectivity index (χ3v) is 2.74. The molecule has 0 amide bonds. The van der Waals surface area contributed by atoms with Gasteiger partial charge in [-0.05, 0) is 31.5 Å². The molecule has 0 aliphatic rings. The van der Waals surface area contributed by atoms with E-state index in [9.17, 15) is 14.9 Å². The van der Waals surface area contributed by atoms with Crippen LogP contribution in [0.2, 0.25) is 0 Å². The van der Waals surface area contributed by atoms with E-state index in [2.05, 4.69) is 5.32 Å². The fourth-order valence-electron chi connectivity index (χ4n) is 1.89. The van der Waals surface area contributed by atoms with E-state index < -0.39 is 16.9 Å². The van der Waals surface area contributed by atoms with Crippen molar-refractivity contribution in [1.82, 2.24) is 5.32 Å². The number of ether oxygens (including phenoxy) is 1. The third kappa shape index (κ3) is 3.92. The van der Waals surface area contributed by atoms with Crippen LogP contribution < -0.4 is 10.1 Å². The van der Waals surface area contributed by atoms with Gasteiger partial charge in [0.1, 0.15) is 12.6 Å². The minimum atomic E-state index is -1.06. The summed E-state index contributed by atoms with van der Waals surface area (Å²) in [4.78, 5) is 21.5. The summed E-state index contributed by atoms with van der Waals surface area (Å²) in [5, 5.41) is 22.8. The molecule has 0 heterocycles. The summed E-state index contributed by atoms with van der Waals surface area (Å²) >= 11 is 0.